The van der Waals surface area contributed by atoms with Crippen molar-refractivity contribution >= 4 is 17.3 Å². The van der Waals surface area contributed by atoms with E-state index in [1.165, 1.54) is 11.1 Å². The van der Waals surface area contributed by atoms with Crippen molar-refractivity contribution in [2.75, 3.05) is 11.5 Å². The molecule has 0 unspecified atom stereocenters. The van der Waals surface area contributed by atoms with Crippen LogP contribution in [0.15, 0.2) is 36.4 Å². The summed E-state index contributed by atoms with van der Waals surface area (Å²) in [6.45, 7) is 5.18. The van der Waals surface area contributed by atoms with Crippen molar-refractivity contribution in [3.05, 3.63) is 47.5 Å². The van der Waals surface area contributed by atoms with E-state index in [9.17, 15) is 0 Å². The first-order chi connectivity index (χ1) is 9.31. The molecule has 2 aromatic rings. The van der Waals surface area contributed by atoms with Crippen LogP contribution in [0.4, 0.5) is 11.4 Å². The zero-order valence-electron chi connectivity index (χ0n) is 12.0. The molecule has 5 N–H and O–H groups in total. The highest BCUT2D eigenvalue weighted by atomic mass is 16.4. The summed E-state index contributed by atoms with van der Waals surface area (Å²) in [7, 11) is 0. The average Bonchev–Trinajstić information content (AvgIpc) is 2.35. The first-order valence-corrected chi connectivity index (χ1v) is 6.23. The van der Waals surface area contributed by atoms with E-state index in [0.717, 1.165) is 29.4 Å². The summed E-state index contributed by atoms with van der Waals surface area (Å²) in [5, 5.41) is 7.42. The minimum Gasteiger partial charge on any atom is -0.481 e. The smallest absolute Gasteiger partial charge is 0.300 e. The standard InChI is InChI=1S/C14H16N2.C2H4O2/c1-9-3-5-13(15)11(7-9)12-8-10(2)4-6-14(12)16;1-2(3)4/h3-8H,15-16H2,1-2H3;1H3,(H,3,4). The van der Waals surface area contributed by atoms with Gasteiger partial charge in [0, 0.05) is 29.4 Å². The molecule has 0 aliphatic carbocycles. The Labute approximate surface area is 119 Å². The van der Waals surface area contributed by atoms with Crippen molar-refractivity contribution in [2.24, 2.45) is 0 Å². The Kier molecular flexibility index (Phi) is 5.15. The van der Waals surface area contributed by atoms with Crippen LogP contribution in [0.5, 0.6) is 0 Å². The van der Waals surface area contributed by atoms with E-state index in [1.54, 1.807) is 0 Å². The van der Waals surface area contributed by atoms with Crippen LogP contribution in [-0.4, -0.2) is 11.1 Å². The first-order valence-electron chi connectivity index (χ1n) is 6.23. The molecule has 4 heteroatoms. The summed E-state index contributed by atoms with van der Waals surface area (Å²) in [4.78, 5) is 9.00. The molecular weight excluding hydrogens is 252 g/mol. The maximum Gasteiger partial charge on any atom is 0.300 e. The molecule has 0 bridgehead atoms. The normalized spacial score (nSPS) is 9.55. The number of aliphatic carboxylic acids is 1. The third-order valence-electron chi connectivity index (χ3n) is 2.71. The molecule has 2 rings (SSSR count). The first kappa shape index (κ1) is 15.6. The third kappa shape index (κ3) is 4.31. The molecular formula is C16H20N2O2. The topological polar surface area (TPSA) is 89.3 Å². The molecule has 106 valence electrons. The van der Waals surface area contributed by atoms with E-state index in [1.807, 2.05) is 24.3 Å². The van der Waals surface area contributed by atoms with E-state index in [4.69, 9.17) is 21.4 Å². The second-order valence-electron chi connectivity index (χ2n) is 4.70. The summed E-state index contributed by atoms with van der Waals surface area (Å²) in [6.07, 6.45) is 0. The fourth-order valence-electron chi connectivity index (χ4n) is 1.81. The second-order valence-corrected chi connectivity index (χ2v) is 4.70. The monoisotopic (exact) mass is 272 g/mol. The van der Waals surface area contributed by atoms with Gasteiger partial charge >= 0.3 is 0 Å². The second kappa shape index (κ2) is 6.61. The highest BCUT2D eigenvalue weighted by Gasteiger charge is 2.06. The average molecular weight is 272 g/mol. The Hall–Kier alpha value is -2.49. The van der Waals surface area contributed by atoms with Crippen LogP contribution in [0.25, 0.3) is 11.1 Å². The fourth-order valence-corrected chi connectivity index (χ4v) is 1.81. The van der Waals surface area contributed by atoms with Gasteiger partial charge in [0.2, 0.25) is 0 Å². The van der Waals surface area contributed by atoms with Crippen LogP contribution < -0.4 is 11.5 Å². The van der Waals surface area contributed by atoms with Crippen molar-refractivity contribution in [2.45, 2.75) is 20.8 Å². The van der Waals surface area contributed by atoms with Crippen LogP contribution in [0.3, 0.4) is 0 Å². The summed E-state index contributed by atoms with van der Waals surface area (Å²) in [5.74, 6) is -0.833. The molecule has 0 fully saturated rings. The number of rotatable bonds is 1. The molecule has 0 spiro atoms. The molecule has 4 nitrogen and oxygen atoms in total. The van der Waals surface area contributed by atoms with Crippen LogP contribution >= 0.6 is 0 Å². The number of nitrogen functional groups attached to an aromatic ring is 2. The third-order valence-corrected chi connectivity index (χ3v) is 2.71. The molecule has 2 aromatic carbocycles. The van der Waals surface area contributed by atoms with Crippen LogP contribution in [0.1, 0.15) is 18.1 Å². The Morgan fingerprint density at radius 2 is 1.20 bits per heavy atom. The molecule has 0 amide bonds. The lowest BCUT2D eigenvalue weighted by molar-refractivity contribution is -0.134. The Morgan fingerprint density at radius 1 is 0.900 bits per heavy atom. The van der Waals surface area contributed by atoms with E-state index < -0.39 is 5.97 Å². The molecule has 0 aliphatic heterocycles. The van der Waals surface area contributed by atoms with Crippen molar-refractivity contribution in [1.82, 2.24) is 0 Å². The van der Waals surface area contributed by atoms with E-state index in [2.05, 4.69) is 26.0 Å². The number of aryl methyl sites for hydroxylation is 2. The molecule has 0 saturated carbocycles. The van der Waals surface area contributed by atoms with Gasteiger partial charge in [-0.15, -0.1) is 0 Å². The number of anilines is 2. The predicted octanol–water partition coefficient (Wildman–Crippen LogP) is 3.23. The molecule has 0 saturated heterocycles. The Balaban J connectivity index is 0.000000444. The summed E-state index contributed by atoms with van der Waals surface area (Å²) in [5.41, 5.74) is 17.9. The van der Waals surface area contributed by atoms with Crippen molar-refractivity contribution in [3.8, 4) is 11.1 Å². The van der Waals surface area contributed by atoms with Crippen LogP contribution in [0.2, 0.25) is 0 Å². The molecule has 0 aromatic heterocycles. The van der Waals surface area contributed by atoms with Gasteiger partial charge < -0.3 is 16.6 Å². The van der Waals surface area contributed by atoms with Crippen molar-refractivity contribution in [3.63, 3.8) is 0 Å². The van der Waals surface area contributed by atoms with Crippen molar-refractivity contribution in [1.29, 1.82) is 0 Å². The molecule has 0 heterocycles. The Bertz CT molecular complexity index is 568. The minimum absolute atomic E-state index is 0.767. The summed E-state index contributed by atoms with van der Waals surface area (Å²) < 4.78 is 0. The maximum absolute atomic E-state index is 9.00. The molecule has 20 heavy (non-hydrogen) atoms. The van der Waals surface area contributed by atoms with Crippen molar-refractivity contribution < 1.29 is 9.90 Å². The van der Waals surface area contributed by atoms with Gasteiger partial charge in [0.05, 0.1) is 0 Å². The predicted molar refractivity (Wildman–Crippen MR) is 83.5 cm³/mol. The van der Waals surface area contributed by atoms with E-state index >= 15 is 0 Å². The fraction of sp³-hybridized carbons (Fsp3) is 0.188. The van der Waals surface area contributed by atoms with Gasteiger partial charge in [-0.25, -0.2) is 0 Å². The molecule has 0 aliphatic rings. The lowest BCUT2D eigenvalue weighted by Crippen LogP contribution is -1.95. The maximum atomic E-state index is 9.00. The number of carboxylic acids is 1. The number of hydrogen-bond acceptors (Lipinski definition) is 3. The number of benzene rings is 2. The number of nitrogens with two attached hydrogens (primary N) is 2. The quantitative estimate of drug-likeness (QED) is 0.695. The zero-order valence-corrected chi connectivity index (χ0v) is 12.0. The van der Waals surface area contributed by atoms with Gasteiger partial charge in [-0.3, -0.25) is 4.79 Å². The lowest BCUT2D eigenvalue weighted by atomic mass is 9.98. The Morgan fingerprint density at radius 3 is 1.50 bits per heavy atom. The number of hydrogen-bond donors (Lipinski definition) is 3. The van der Waals surface area contributed by atoms with Crippen LogP contribution in [-0.2, 0) is 4.79 Å². The molecule has 0 radical (unpaired) electrons. The zero-order chi connectivity index (χ0) is 15.3. The minimum atomic E-state index is -0.833. The van der Waals surface area contributed by atoms with E-state index in [-0.39, 0.29) is 0 Å². The highest BCUT2D eigenvalue weighted by Crippen LogP contribution is 2.31. The SMILES string of the molecule is CC(=O)O.Cc1ccc(N)c(-c2cc(C)ccc2N)c1. The lowest BCUT2D eigenvalue weighted by Gasteiger charge is -2.10. The largest absolute Gasteiger partial charge is 0.481 e. The van der Waals surface area contributed by atoms with Gasteiger partial charge in [0.1, 0.15) is 0 Å². The number of carbonyl (C=O) groups is 1. The number of carboxylic acid groups (broad SMARTS) is 1. The summed E-state index contributed by atoms with van der Waals surface area (Å²) in [6, 6.07) is 12.0. The molecule has 0 atom stereocenters. The van der Waals surface area contributed by atoms with Gasteiger partial charge in [0.15, 0.2) is 0 Å². The van der Waals surface area contributed by atoms with Gasteiger partial charge in [0.25, 0.3) is 5.97 Å². The van der Waals surface area contributed by atoms with Gasteiger partial charge in [-0.1, -0.05) is 23.3 Å². The van der Waals surface area contributed by atoms with Gasteiger partial charge in [-0.2, -0.15) is 0 Å². The summed E-state index contributed by atoms with van der Waals surface area (Å²) >= 11 is 0. The van der Waals surface area contributed by atoms with Gasteiger partial charge in [-0.05, 0) is 38.1 Å². The van der Waals surface area contributed by atoms with Crippen LogP contribution in [0, 0.1) is 13.8 Å². The van der Waals surface area contributed by atoms with E-state index in [0.29, 0.717) is 0 Å². The highest BCUT2D eigenvalue weighted by molar-refractivity contribution is 5.84.